The van der Waals surface area contributed by atoms with E-state index in [1.54, 1.807) is 18.5 Å². The zero-order valence-electron chi connectivity index (χ0n) is 8.69. The maximum Gasteiger partial charge on any atom is 0.374 e. The van der Waals surface area contributed by atoms with Gasteiger partial charge in [-0.3, -0.25) is 5.10 Å². The maximum absolute atomic E-state index is 11.3. The second-order valence-electron chi connectivity index (χ2n) is 3.11. The fourth-order valence-corrected chi connectivity index (χ4v) is 1.29. The highest BCUT2D eigenvalue weighted by Gasteiger charge is 2.15. The largest absolute Gasteiger partial charge is 0.463 e. The maximum atomic E-state index is 11.3. The van der Waals surface area contributed by atoms with Crippen molar-refractivity contribution in [2.24, 2.45) is 0 Å². The number of esters is 1. The molecule has 0 aliphatic rings. The van der Waals surface area contributed by atoms with Crippen LogP contribution in [0.1, 0.15) is 16.1 Å². The monoisotopic (exact) mass is 221 g/mol. The van der Waals surface area contributed by atoms with Gasteiger partial charge >= 0.3 is 5.97 Å². The van der Waals surface area contributed by atoms with Crippen LogP contribution < -0.4 is 5.32 Å². The highest BCUT2D eigenvalue weighted by Crippen LogP contribution is 2.13. The molecule has 84 valence electrons. The number of ether oxygens (including phenoxy) is 1. The standard InChI is InChI=1S/C10H11N3O3/c1-15-10(14)9-7(2-3-16-9)4-11-8-5-12-13-6-8/h2-3,5-6,11H,4H2,1H3,(H,12,13). The van der Waals surface area contributed by atoms with Gasteiger partial charge in [0.25, 0.3) is 0 Å². The van der Waals surface area contributed by atoms with E-state index in [0.29, 0.717) is 6.54 Å². The van der Waals surface area contributed by atoms with Crippen LogP contribution in [0.4, 0.5) is 5.69 Å². The van der Waals surface area contributed by atoms with Gasteiger partial charge in [-0.25, -0.2) is 4.79 Å². The molecule has 0 atom stereocenters. The van der Waals surface area contributed by atoms with Gasteiger partial charge in [-0.1, -0.05) is 0 Å². The number of aromatic amines is 1. The number of aromatic nitrogens is 2. The van der Waals surface area contributed by atoms with Crippen LogP contribution in [-0.4, -0.2) is 23.3 Å². The molecule has 0 aliphatic carbocycles. The van der Waals surface area contributed by atoms with E-state index >= 15 is 0 Å². The highest BCUT2D eigenvalue weighted by molar-refractivity contribution is 5.87. The number of furan rings is 1. The van der Waals surface area contributed by atoms with Crippen molar-refractivity contribution in [2.75, 3.05) is 12.4 Å². The number of nitrogens with zero attached hydrogens (tertiary/aromatic N) is 1. The predicted molar refractivity (Wildman–Crippen MR) is 56.0 cm³/mol. The Labute approximate surface area is 91.6 Å². The number of H-pyrrole nitrogens is 1. The summed E-state index contributed by atoms with van der Waals surface area (Å²) in [7, 11) is 1.32. The number of methoxy groups -OCH3 is 1. The molecule has 0 bridgehead atoms. The third-order valence-corrected chi connectivity index (χ3v) is 2.10. The minimum Gasteiger partial charge on any atom is -0.463 e. The molecule has 0 aromatic carbocycles. The number of hydrogen-bond donors (Lipinski definition) is 2. The Bertz CT molecular complexity index is 461. The van der Waals surface area contributed by atoms with Crippen LogP contribution in [0.25, 0.3) is 0 Å². The van der Waals surface area contributed by atoms with Crippen molar-refractivity contribution in [2.45, 2.75) is 6.54 Å². The first kappa shape index (κ1) is 10.3. The van der Waals surface area contributed by atoms with Gasteiger partial charge in [-0.05, 0) is 6.07 Å². The number of nitrogens with one attached hydrogen (secondary N) is 2. The van der Waals surface area contributed by atoms with E-state index in [-0.39, 0.29) is 5.76 Å². The second kappa shape index (κ2) is 4.52. The topological polar surface area (TPSA) is 80.2 Å². The van der Waals surface area contributed by atoms with Crippen molar-refractivity contribution in [1.82, 2.24) is 10.2 Å². The minimum absolute atomic E-state index is 0.221. The molecule has 0 amide bonds. The normalized spacial score (nSPS) is 10.1. The van der Waals surface area contributed by atoms with Gasteiger partial charge in [-0.15, -0.1) is 0 Å². The summed E-state index contributed by atoms with van der Waals surface area (Å²) < 4.78 is 9.64. The summed E-state index contributed by atoms with van der Waals surface area (Å²) >= 11 is 0. The van der Waals surface area contributed by atoms with Crippen molar-refractivity contribution in [3.05, 3.63) is 36.0 Å². The van der Waals surface area contributed by atoms with E-state index in [4.69, 9.17) is 4.42 Å². The molecule has 2 aromatic heterocycles. The minimum atomic E-state index is -0.478. The Morgan fingerprint density at radius 3 is 3.25 bits per heavy atom. The molecule has 0 saturated heterocycles. The lowest BCUT2D eigenvalue weighted by molar-refractivity contribution is 0.0563. The molecule has 0 spiro atoms. The highest BCUT2D eigenvalue weighted by atomic mass is 16.5. The van der Waals surface area contributed by atoms with E-state index in [0.717, 1.165) is 11.3 Å². The van der Waals surface area contributed by atoms with E-state index in [1.807, 2.05) is 0 Å². The quantitative estimate of drug-likeness (QED) is 0.763. The van der Waals surface area contributed by atoms with E-state index in [1.165, 1.54) is 13.4 Å². The van der Waals surface area contributed by atoms with Crippen molar-refractivity contribution >= 4 is 11.7 Å². The molecule has 2 aromatic rings. The summed E-state index contributed by atoms with van der Waals surface area (Å²) in [4.78, 5) is 11.3. The first-order valence-corrected chi connectivity index (χ1v) is 4.68. The van der Waals surface area contributed by atoms with E-state index < -0.39 is 5.97 Å². The molecule has 6 nitrogen and oxygen atoms in total. The SMILES string of the molecule is COC(=O)c1occc1CNc1cn[nH]c1. The van der Waals surface area contributed by atoms with Crippen LogP contribution in [0.15, 0.2) is 29.1 Å². The molecule has 0 saturated carbocycles. The Kier molecular flexibility index (Phi) is 2.90. The first-order chi connectivity index (χ1) is 7.81. The molecule has 2 N–H and O–H groups in total. The third kappa shape index (κ3) is 2.05. The van der Waals surface area contributed by atoms with Crippen molar-refractivity contribution in [3.63, 3.8) is 0 Å². The molecular weight excluding hydrogens is 210 g/mol. The smallest absolute Gasteiger partial charge is 0.374 e. The Morgan fingerprint density at radius 1 is 1.69 bits per heavy atom. The van der Waals surface area contributed by atoms with Crippen LogP contribution in [0, 0.1) is 0 Å². The van der Waals surface area contributed by atoms with Crippen molar-refractivity contribution < 1.29 is 13.9 Å². The summed E-state index contributed by atoms with van der Waals surface area (Å²) in [5, 5.41) is 9.56. The van der Waals surface area contributed by atoms with Crippen molar-refractivity contribution in [1.29, 1.82) is 0 Å². The van der Waals surface area contributed by atoms with Gasteiger partial charge in [0.15, 0.2) is 0 Å². The van der Waals surface area contributed by atoms with Crippen LogP contribution in [0.2, 0.25) is 0 Å². The second-order valence-corrected chi connectivity index (χ2v) is 3.11. The third-order valence-electron chi connectivity index (χ3n) is 2.10. The van der Waals surface area contributed by atoms with Crippen LogP contribution in [-0.2, 0) is 11.3 Å². The van der Waals surface area contributed by atoms with Gasteiger partial charge in [0.05, 0.1) is 25.3 Å². The average Bonchev–Trinajstić information content (AvgIpc) is 2.96. The Hall–Kier alpha value is -2.24. The zero-order valence-corrected chi connectivity index (χ0v) is 8.69. The summed E-state index contributed by atoms with van der Waals surface area (Å²) in [6.07, 6.45) is 4.83. The molecule has 6 heteroatoms. The fraction of sp³-hybridized carbons (Fsp3) is 0.200. The molecular formula is C10H11N3O3. The van der Waals surface area contributed by atoms with Crippen LogP contribution >= 0.6 is 0 Å². The lowest BCUT2D eigenvalue weighted by Gasteiger charge is -2.02. The van der Waals surface area contributed by atoms with Gasteiger partial charge in [0.1, 0.15) is 0 Å². The molecule has 0 radical (unpaired) electrons. The predicted octanol–water partition coefficient (Wildman–Crippen LogP) is 1.40. The van der Waals surface area contributed by atoms with Crippen LogP contribution in [0.5, 0.6) is 0 Å². The first-order valence-electron chi connectivity index (χ1n) is 4.68. The van der Waals surface area contributed by atoms with Gasteiger partial charge in [0.2, 0.25) is 5.76 Å². The van der Waals surface area contributed by atoms with Gasteiger partial charge < -0.3 is 14.5 Å². The Balaban J connectivity index is 2.04. The van der Waals surface area contributed by atoms with E-state index in [2.05, 4.69) is 20.3 Å². The molecule has 0 fully saturated rings. The Morgan fingerprint density at radius 2 is 2.56 bits per heavy atom. The number of anilines is 1. The van der Waals surface area contributed by atoms with E-state index in [9.17, 15) is 4.79 Å². The molecule has 0 aliphatic heterocycles. The number of hydrogen-bond acceptors (Lipinski definition) is 5. The number of rotatable bonds is 4. The lowest BCUT2D eigenvalue weighted by Crippen LogP contribution is -2.06. The van der Waals surface area contributed by atoms with Gasteiger partial charge in [-0.2, -0.15) is 5.10 Å². The van der Waals surface area contributed by atoms with Crippen molar-refractivity contribution in [3.8, 4) is 0 Å². The zero-order chi connectivity index (χ0) is 11.4. The summed E-state index contributed by atoms with van der Waals surface area (Å²) in [6, 6.07) is 1.72. The molecule has 2 heterocycles. The average molecular weight is 221 g/mol. The fourth-order valence-electron chi connectivity index (χ4n) is 1.29. The van der Waals surface area contributed by atoms with Crippen LogP contribution in [0.3, 0.4) is 0 Å². The molecule has 2 rings (SSSR count). The summed E-state index contributed by atoms with van der Waals surface area (Å²) in [6.45, 7) is 0.473. The summed E-state index contributed by atoms with van der Waals surface area (Å²) in [5.41, 5.74) is 1.59. The summed E-state index contributed by atoms with van der Waals surface area (Å²) in [5.74, 6) is -0.257. The molecule has 0 unspecified atom stereocenters. The number of carbonyl (C=O) groups is 1. The lowest BCUT2D eigenvalue weighted by atomic mass is 10.2. The van der Waals surface area contributed by atoms with Gasteiger partial charge in [0, 0.05) is 18.3 Å². The number of carbonyl (C=O) groups excluding carboxylic acids is 1. The molecule has 16 heavy (non-hydrogen) atoms.